The van der Waals surface area contributed by atoms with Crippen molar-refractivity contribution >= 4 is 22.6 Å². The molecule has 1 N–H and O–H groups in total. The van der Waals surface area contributed by atoms with Crippen LogP contribution in [0.25, 0.3) is 10.9 Å². The number of carbonyl (C=O) groups is 1. The lowest BCUT2D eigenvalue weighted by Gasteiger charge is -2.26. The van der Waals surface area contributed by atoms with Gasteiger partial charge in [-0.05, 0) is 49.6 Å². The second kappa shape index (κ2) is 6.30. The molecule has 0 saturated carbocycles. The molecule has 1 amide bonds. The lowest BCUT2D eigenvalue weighted by molar-refractivity contribution is -0.133. The average molecular weight is 301 g/mol. The number of amides is 1. The van der Waals surface area contributed by atoms with Crippen LogP contribution in [0.15, 0.2) is 24.3 Å². The summed E-state index contributed by atoms with van der Waals surface area (Å²) in [5.41, 5.74) is 1.76. The molecule has 1 saturated heterocycles. The Hall–Kier alpha value is -2.17. The second-order valence-electron chi connectivity index (χ2n) is 5.75. The number of aromatic nitrogens is 1. The smallest absolute Gasteiger partial charge is 0.222 e. The predicted octanol–water partition coefficient (Wildman–Crippen LogP) is 3.11. The van der Waals surface area contributed by atoms with E-state index < -0.39 is 0 Å². The van der Waals surface area contributed by atoms with E-state index in [1.807, 2.05) is 17.9 Å². The minimum atomic E-state index is -0.248. The van der Waals surface area contributed by atoms with E-state index in [-0.39, 0.29) is 11.7 Å². The van der Waals surface area contributed by atoms with Crippen LogP contribution in [0.4, 0.5) is 10.2 Å². The molecule has 1 aliphatic heterocycles. The van der Waals surface area contributed by atoms with E-state index in [1.54, 1.807) is 6.07 Å². The summed E-state index contributed by atoms with van der Waals surface area (Å²) >= 11 is 0. The van der Waals surface area contributed by atoms with Crippen molar-refractivity contribution in [3.05, 3.63) is 35.6 Å². The Morgan fingerprint density at radius 1 is 1.32 bits per heavy atom. The molecule has 1 fully saturated rings. The van der Waals surface area contributed by atoms with Crippen LogP contribution in [0.2, 0.25) is 0 Å². The van der Waals surface area contributed by atoms with E-state index in [2.05, 4.69) is 10.3 Å². The number of likely N-dealkylation sites (tertiary alicyclic amines) is 1. The number of fused-ring (bicyclic) bond motifs is 1. The number of nitrogens with zero attached hydrogens (tertiary/aromatic N) is 2. The van der Waals surface area contributed by atoms with E-state index in [0.717, 1.165) is 41.7 Å². The molecule has 0 atom stereocenters. The summed E-state index contributed by atoms with van der Waals surface area (Å²) < 4.78 is 13.3. The molecule has 2 aromatic rings. The van der Waals surface area contributed by atoms with Gasteiger partial charge in [0.2, 0.25) is 5.91 Å². The highest BCUT2D eigenvalue weighted by Crippen LogP contribution is 2.21. The molecule has 116 valence electrons. The normalized spacial score (nSPS) is 15.4. The van der Waals surface area contributed by atoms with Crippen LogP contribution in [0.5, 0.6) is 0 Å². The summed E-state index contributed by atoms with van der Waals surface area (Å²) in [5, 5.41) is 4.09. The molecule has 1 aromatic heterocycles. The molecule has 5 heteroatoms. The molecule has 0 spiro atoms. The van der Waals surface area contributed by atoms with Crippen LogP contribution >= 0.6 is 0 Å². The molecule has 0 bridgehead atoms. The highest BCUT2D eigenvalue weighted by atomic mass is 19.1. The summed E-state index contributed by atoms with van der Waals surface area (Å²) in [4.78, 5) is 18.1. The number of carbonyl (C=O) groups excluding carboxylic acids is 1. The SMILES string of the molecule is Cc1cc(NCCN2CCCCC2=O)nc2ccc(F)cc12. The lowest BCUT2D eigenvalue weighted by Crippen LogP contribution is -2.38. The molecule has 22 heavy (non-hydrogen) atoms. The number of nitrogens with one attached hydrogen (secondary N) is 1. The first-order chi connectivity index (χ1) is 10.6. The van der Waals surface area contributed by atoms with Crippen molar-refractivity contribution in [2.75, 3.05) is 25.0 Å². The van der Waals surface area contributed by atoms with Crippen LogP contribution in [-0.4, -0.2) is 35.4 Å². The molecule has 1 aliphatic rings. The van der Waals surface area contributed by atoms with Gasteiger partial charge in [-0.15, -0.1) is 0 Å². The van der Waals surface area contributed by atoms with Crippen molar-refractivity contribution in [2.45, 2.75) is 26.2 Å². The first-order valence-corrected chi connectivity index (χ1v) is 7.72. The van der Waals surface area contributed by atoms with Crippen LogP contribution in [0, 0.1) is 12.7 Å². The molecular formula is C17H20FN3O. The molecule has 4 nitrogen and oxygen atoms in total. The maximum Gasteiger partial charge on any atom is 0.222 e. The van der Waals surface area contributed by atoms with Gasteiger partial charge in [-0.3, -0.25) is 4.79 Å². The summed E-state index contributed by atoms with van der Waals surface area (Å²) in [6.45, 7) is 4.17. The standard InChI is InChI=1S/C17H20FN3O/c1-12-10-16(20-15-6-5-13(18)11-14(12)15)19-7-9-21-8-3-2-4-17(21)22/h5-6,10-11H,2-4,7-9H2,1H3,(H,19,20). The number of benzene rings is 1. The van der Waals surface area contributed by atoms with Gasteiger partial charge < -0.3 is 10.2 Å². The first kappa shape index (κ1) is 14.8. The predicted molar refractivity (Wildman–Crippen MR) is 85.4 cm³/mol. The Labute approximate surface area is 129 Å². The van der Waals surface area contributed by atoms with Crippen LogP contribution in [0.1, 0.15) is 24.8 Å². The Morgan fingerprint density at radius 2 is 2.18 bits per heavy atom. The Bertz CT molecular complexity index is 702. The molecule has 0 radical (unpaired) electrons. The number of hydrogen-bond donors (Lipinski definition) is 1. The molecule has 2 heterocycles. The summed E-state index contributed by atoms with van der Waals surface area (Å²) in [5.74, 6) is 0.758. The van der Waals surface area contributed by atoms with Gasteiger partial charge in [0.1, 0.15) is 11.6 Å². The van der Waals surface area contributed by atoms with Gasteiger partial charge in [0.15, 0.2) is 0 Å². The zero-order valence-corrected chi connectivity index (χ0v) is 12.7. The van der Waals surface area contributed by atoms with Gasteiger partial charge in [-0.25, -0.2) is 9.37 Å². The fourth-order valence-corrected chi connectivity index (χ4v) is 2.87. The van der Waals surface area contributed by atoms with Gasteiger partial charge >= 0.3 is 0 Å². The van der Waals surface area contributed by atoms with Crippen molar-refractivity contribution < 1.29 is 9.18 Å². The van der Waals surface area contributed by atoms with Gasteiger partial charge in [-0.1, -0.05) is 0 Å². The van der Waals surface area contributed by atoms with Crippen LogP contribution < -0.4 is 5.32 Å². The van der Waals surface area contributed by atoms with E-state index in [9.17, 15) is 9.18 Å². The molecule has 3 rings (SSSR count). The number of halogens is 1. The van der Waals surface area contributed by atoms with Gasteiger partial charge in [0.05, 0.1) is 5.52 Å². The van der Waals surface area contributed by atoms with Gasteiger partial charge in [0.25, 0.3) is 0 Å². The third-order valence-corrected chi connectivity index (χ3v) is 4.09. The highest BCUT2D eigenvalue weighted by molar-refractivity contribution is 5.83. The maximum atomic E-state index is 13.3. The largest absolute Gasteiger partial charge is 0.368 e. The van der Waals surface area contributed by atoms with Crippen LogP contribution in [-0.2, 0) is 4.79 Å². The van der Waals surface area contributed by atoms with Crippen molar-refractivity contribution in [3.8, 4) is 0 Å². The number of aryl methyl sites for hydroxylation is 1. The number of piperidine rings is 1. The van der Waals surface area contributed by atoms with Crippen molar-refractivity contribution in [2.24, 2.45) is 0 Å². The molecular weight excluding hydrogens is 281 g/mol. The van der Waals surface area contributed by atoms with Crippen molar-refractivity contribution in [1.29, 1.82) is 0 Å². The van der Waals surface area contributed by atoms with Crippen LogP contribution in [0.3, 0.4) is 0 Å². The topological polar surface area (TPSA) is 45.2 Å². The minimum Gasteiger partial charge on any atom is -0.368 e. The zero-order valence-electron chi connectivity index (χ0n) is 12.7. The fraction of sp³-hybridized carbons (Fsp3) is 0.412. The molecule has 0 unspecified atom stereocenters. The Kier molecular flexibility index (Phi) is 4.22. The highest BCUT2D eigenvalue weighted by Gasteiger charge is 2.17. The third-order valence-electron chi connectivity index (χ3n) is 4.09. The minimum absolute atomic E-state index is 0.242. The Morgan fingerprint density at radius 3 is 3.00 bits per heavy atom. The third kappa shape index (κ3) is 3.18. The van der Waals surface area contributed by atoms with E-state index in [4.69, 9.17) is 0 Å². The molecule has 0 aliphatic carbocycles. The van der Waals surface area contributed by atoms with Crippen molar-refractivity contribution in [1.82, 2.24) is 9.88 Å². The summed E-state index contributed by atoms with van der Waals surface area (Å²) in [7, 11) is 0. The Balaban J connectivity index is 1.66. The number of hydrogen-bond acceptors (Lipinski definition) is 3. The van der Waals surface area contributed by atoms with E-state index in [0.29, 0.717) is 19.5 Å². The number of anilines is 1. The number of rotatable bonds is 4. The second-order valence-corrected chi connectivity index (χ2v) is 5.75. The van der Waals surface area contributed by atoms with Crippen molar-refractivity contribution in [3.63, 3.8) is 0 Å². The zero-order chi connectivity index (χ0) is 15.5. The lowest BCUT2D eigenvalue weighted by atomic mass is 10.1. The monoisotopic (exact) mass is 301 g/mol. The fourth-order valence-electron chi connectivity index (χ4n) is 2.87. The first-order valence-electron chi connectivity index (χ1n) is 7.72. The quantitative estimate of drug-likeness (QED) is 0.944. The van der Waals surface area contributed by atoms with E-state index in [1.165, 1.54) is 12.1 Å². The summed E-state index contributed by atoms with van der Waals surface area (Å²) in [6, 6.07) is 6.54. The number of pyridine rings is 1. The maximum absolute atomic E-state index is 13.3. The summed E-state index contributed by atoms with van der Waals surface area (Å²) in [6.07, 6.45) is 2.76. The van der Waals surface area contributed by atoms with Gasteiger partial charge in [0, 0.05) is 31.4 Å². The average Bonchev–Trinajstić information content (AvgIpc) is 2.50. The molecule has 1 aromatic carbocycles. The van der Waals surface area contributed by atoms with Gasteiger partial charge in [-0.2, -0.15) is 0 Å². The van der Waals surface area contributed by atoms with E-state index >= 15 is 0 Å².